The van der Waals surface area contributed by atoms with Crippen molar-refractivity contribution in [3.8, 4) is 0 Å². The third kappa shape index (κ3) is 6.86. The van der Waals surface area contributed by atoms with E-state index in [1.54, 1.807) is 35.2 Å². The van der Waals surface area contributed by atoms with Crippen molar-refractivity contribution in [2.24, 2.45) is 5.92 Å². The van der Waals surface area contributed by atoms with Gasteiger partial charge in [-0.05, 0) is 53.1 Å². The van der Waals surface area contributed by atoms with Gasteiger partial charge in [0.05, 0.1) is 10.6 Å². The molecule has 2 amide bonds. The molecule has 0 spiro atoms. The summed E-state index contributed by atoms with van der Waals surface area (Å²) < 4.78 is 28.3. The van der Waals surface area contributed by atoms with Crippen molar-refractivity contribution in [2.45, 2.75) is 50.6 Å². The highest BCUT2D eigenvalue weighted by atomic mass is 35.5. The number of benzene rings is 4. The van der Waals surface area contributed by atoms with E-state index in [0.717, 1.165) is 16.5 Å². The number of carbonyl (C=O) groups is 2. The average Bonchev–Trinajstić information content (AvgIpc) is 3.22. The summed E-state index contributed by atoms with van der Waals surface area (Å²) in [7, 11) is -3.72. The van der Waals surface area contributed by atoms with Gasteiger partial charge in [0, 0.05) is 42.9 Å². The molecule has 43 heavy (non-hydrogen) atoms. The molecule has 9 heteroatoms. The number of rotatable bonds is 12. The van der Waals surface area contributed by atoms with Crippen LogP contribution < -0.4 is 9.62 Å². The van der Waals surface area contributed by atoms with E-state index in [2.05, 4.69) is 5.32 Å². The zero-order valence-corrected chi connectivity index (χ0v) is 25.9. The molecule has 0 saturated heterocycles. The second kappa shape index (κ2) is 13.2. The molecule has 1 unspecified atom stereocenters. The molecule has 0 saturated carbocycles. The fourth-order valence-electron chi connectivity index (χ4n) is 5.48. The first-order valence-corrected chi connectivity index (χ1v) is 16.4. The Morgan fingerprint density at radius 3 is 2.28 bits per heavy atom. The van der Waals surface area contributed by atoms with Gasteiger partial charge in [0.15, 0.2) is 0 Å². The monoisotopic (exact) mass is 617 g/mol. The zero-order valence-electron chi connectivity index (χ0n) is 24.4. The van der Waals surface area contributed by atoms with Crippen molar-refractivity contribution in [2.75, 3.05) is 17.4 Å². The van der Waals surface area contributed by atoms with Crippen LogP contribution in [0.1, 0.15) is 37.8 Å². The number of nitrogens with one attached hydrogen (secondary N) is 1. The Kier molecular flexibility index (Phi) is 9.37. The molecular weight excluding hydrogens is 582 g/mol. The number of hydrogen-bond donors (Lipinski definition) is 1. The summed E-state index contributed by atoms with van der Waals surface area (Å²) in [5.41, 5.74) is 2.42. The summed E-state index contributed by atoms with van der Waals surface area (Å²) in [4.78, 5) is 29.5. The molecule has 4 aromatic carbocycles. The summed E-state index contributed by atoms with van der Waals surface area (Å²) in [6.07, 6.45) is 0.724. The fourth-order valence-corrected chi connectivity index (χ4v) is 7.35. The number of nitrogens with zero attached hydrogens (tertiary/aromatic N) is 2. The van der Waals surface area contributed by atoms with Gasteiger partial charge in [-0.25, -0.2) is 8.42 Å². The molecule has 1 aliphatic rings. The minimum Gasteiger partial charge on any atom is -0.354 e. The SMILES string of the molecule is CC(C)CNC(=O)C(Cc1ccccc1)N(Cc1ccc(Cl)cc1)C(=O)CCCN1c2cccc3cccc(c23)S1(=O)=O. The lowest BCUT2D eigenvalue weighted by Crippen LogP contribution is -2.51. The van der Waals surface area contributed by atoms with E-state index in [-0.39, 0.29) is 37.2 Å². The van der Waals surface area contributed by atoms with Crippen molar-refractivity contribution in [3.63, 3.8) is 0 Å². The van der Waals surface area contributed by atoms with Crippen LogP contribution in [0.4, 0.5) is 5.69 Å². The van der Waals surface area contributed by atoms with Crippen molar-refractivity contribution >= 4 is 49.9 Å². The van der Waals surface area contributed by atoms with Gasteiger partial charge in [-0.2, -0.15) is 0 Å². The van der Waals surface area contributed by atoms with E-state index in [0.29, 0.717) is 40.4 Å². The highest BCUT2D eigenvalue weighted by molar-refractivity contribution is 7.93. The molecule has 0 bridgehead atoms. The Hall–Kier alpha value is -3.88. The number of anilines is 1. The molecule has 0 aromatic heterocycles. The predicted octanol–water partition coefficient (Wildman–Crippen LogP) is 6.19. The van der Waals surface area contributed by atoms with E-state index in [4.69, 9.17) is 11.6 Å². The Labute approximate surface area is 258 Å². The van der Waals surface area contributed by atoms with Crippen LogP contribution >= 0.6 is 11.6 Å². The van der Waals surface area contributed by atoms with Gasteiger partial charge in [-0.3, -0.25) is 13.9 Å². The van der Waals surface area contributed by atoms with Crippen LogP contribution in [0.3, 0.4) is 0 Å². The summed E-state index contributed by atoms with van der Waals surface area (Å²) >= 11 is 6.12. The topological polar surface area (TPSA) is 86.8 Å². The Morgan fingerprint density at radius 1 is 0.884 bits per heavy atom. The van der Waals surface area contributed by atoms with Gasteiger partial charge in [0.1, 0.15) is 6.04 Å². The van der Waals surface area contributed by atoms with E-state index in [9.17, 15) is 18.0 Å². The second-order valence-corrected chi connectivity index (χ2v) is 13.6. The van der Waals surface area contributed by atoms with Crippen LogP contribution in [0, 0.1) is 5.92 Å². The molecule has 1 atom stereocenters. The molecule has 5 rings (SSSR count). The molecule has 7 nitrogen and oxygen atoms in total. The maximum atomic E-state index is 14.0. The summed E-state index contributed by atoms with van der Waals surface area (Å²) in [6, 6.07) is 26.9. The number of carbonyl (C=O) groups excluding carboxylic acids is 2. The summed E-state index contributed by atoms with van der Waals surface area (Å²) in [5.74, 6) is -0.190. The van der Waals surface area contributed by atoms with Gasteiger partial charge >= 0.3 is 0 Å². The quantitative estimate of drug-likeness (QED) is 0.205. The van der Waals surface area contributed by atoms with E-state index in [1.165, 1.54) is 4.31 Å². The molecule has 4 aromatic rings. The van der Waals surface area contributed by atoms with Gasteiger partial charge in [0.2, 0.25) is 11.8 Å². The lowest BCUT2D eigenvalue weighted by Gasteiger charge is -2.32. The number of amides is 2. The van der Waals surface area contributed by atoms with Gasteiger partial charge < -0.3 is 10.2 Å². The lowest BCUT2D eigenvalue weighted by molar-refractivity contribution is -0.141. The Balaban J connectivity index is 1.39. The molecule has 0 radical (unpaired) electrons. The van der Waals surface area contributed by atoms with Gasteiger partial charge in [0.25, 0.3) is 10.0 Å². The van der Waals surface area contributed by atoms with Crippen LogP contribution in [-0.2, 0) is 32.6 Å². The standard InChI is InChI=1S/C34H36ClN3O4S/c1-24(2)22-36-34(40)30(21-25-9-4-3-5-10-25)37(23-26-16-18-28(35)19-17-26)32(39)15-8-20-38-29-13-6-11-27-12-7-14-31(33(27)29)43(38,41)42/h3-7,9-14,16-19,24,30H,8,15,20-23H2,1-2H3,(H,36,40). The second-order valence-electron chi connectivity index (χ2n) is 11.3. The van der Waals surface area contributed by atoms with Crippen LogP contribution in [-0.4, -0.2) is 44.3 Å². The predicted molar refractivity (Wildman–Crippen MR) is 171 cm³/mol. The summed E-state index contributed by atoms with van der Waals surface area (Å²) in [6.45, 7) is 4.91. The highest BCUT2D eigenvalue weighted by Crippen LogP contribution is 2.42. The molecule has 224 valence electrons. The maximum absolute atomic E-state index is 14.0. The van der Waals surface area contributed by atoms with Crippen molar-refractivity contribution in [3.05, 3.63) is 107 Å². The van der Waals surface area contributed by atoms with Crippen LogP contribution in [0.25, 0.3) is 10.8 Å². The molecule has 1 heterocycles. The van der Waals surface area contributed by atoms with Crippen molar-refractivity contribution in [1.82, 2.24) is 10.2 Å². The summed E-state index contributed by atoms with van der Waals surface area (Å²) in [5, 5.41) is 5.18. The highest BCUT2D eigenvalue weighted by Gasteiger charge is 2.36. The van der Waals surface area contributed by atoms with Gasteiger partial charge in [-0.1, -0.05) is 92.2 Å². The van der Waals surface area contributed by atoms with E-state index >= 15 is 0 Å². The Bertz CT molecular complexity index is 1700. The zero-order chi connectivity index (χ0) is 30.6. The minimum atomic E-state index is -3.72. The molecule has 0 fully saturated rings. The van der Waals surface area contributed by atoms with Crippen molar-refractivity contribution < 1.29 is 18.0 Å². The number of halogens is 1. The van der Waals surface area contributed by atoms with Crippen molar-refractivity contribution in [1.29, 1.82) is 0 Å². The van der Waals surface area contributed by atoms with E-state index in [1.807, 2.05) is 74.5 Å². The first-order chi connectivity index (χ1) is 20.6. The third-order valence-electron chi connectivity index (χ3n) is 7.65. The van der Waals surface area contributed by atoms with Crippen LogP contribution in [0.5, 0.6) is 0 Å². The molecule has 1 N–H and O–H groups in total. The van der Waals surface area contributed by atoms with E-state index < -0.39 is 16.1 Å². The van der Waals surface area contributed by atoms with Gasteiger partial charge in [-0.15, -0.1) is 0 Å². The minimum absolute atomic E-state index is 0.0781. The fraction of sp³-hybridized carbons (Fsp3) is 0.294. The third-order valence-corrected chi connectivity index (χ3v) is 9.76. The molecular formula is C34H36ClN3O4S. The Morgan fingerprint density at radius 2 is 1.58 bits per heavy atom. The smallest absolute Gasteiger partial charge is 0.265 e. The first kappa shape index (κ1) is 30.6. The van der Waals surface area contributed by atoms with Crippen LogP contribution in [0.2, 0.25) is 5.02 Å². The molecule has 1 aliphatic heterocycles. The first-order valence-electron chi connectivity index (χ1n) is 14.5. The largest absolute Gasteiger partial charge is 0.354 e. The normalized spacial score (nSPS) is 14.2. The number of sulfonamides is 1. The van der Waals surface area contributed by atoms with Crippen LogP contribution in [0.15, 0.2) is 95.9 Å². The molecule has 0 aliphatic carbocycles. The lowest BCUT2D eigenvalue weighted by atomic mass is 10.0. The number of hydrogen-bond acceptors (Lipinski definition) is 4. The maximum Gasteiger partial charge on any atom is 0.265 e. The average molecular weight is 618 g/mol.